The average molecular weight is 540 g/mol. The number of nitrogens with zero attached hydrogens (tertiary/aromatic N) is 5. The van der Waals surface area contributed by atoms with E-state index in [4.69, 9.17) is 4.52 Å². The molecule has 9 heteroatoms. The Balaban J connectivity index is 0.00000336. The number of hydrogen-bond acceptors (Lipinski definition) is 6. The van der Waals surface area contributed by atoms with Gasteiger partial charge in [-0.2, -0.15) is 0 Å². The van der Waals surface area contributed by atoms with E-state index in [9.17, 15) is 9.59 Å². The minimum absolute atomic E-state index is 0. The zero-order valence-corrected chi connectivity index (χ0v) is 23.8. The zero-order chi connectivity index (χ0) is 26.3. The third-order valence-electron chi connectivity index (χ3n) is 7.76. The van der Waals surface area contributed by atoms with Crippen LogP contribution in [0.4, 0.5) is 0 Å². The molecule has 5 rings (SSSR count). The molecule has 1 aliphatic carbocycles. The summed E-state index contributed by atoms with van der Waals surface area (Å²) in [4.78, 5) is 27.8. The van der Waals surface area contributed by atoms with Gasteiger partial charge in [0, 0.05) is 56.8 Å². The topological polar surface area (TPSA) is 94.1 Å². The molecule has 1 amide bonds. The molecule has 0 radical (unpaired) electrons. The fourth-order valence-corrected chi connectivity index (χ4v) is 5.40. The van der Waals surface area contributed by atoms with Crippen LogP contribution in [0.2, 0.25) is 0 Å². The molecule has 1 aliphatic heterocycles. The van der Waals surface area contributed by atoms with E-state index in [1.54, 1.807) is 11.8 Å². The van der Waals surface area contributed by atoms with E-state index in [1.807, 2.05) is 25.1 Å². The van der Waals surface area contributed by atoms with Crippen LogP contribution in [0, 0.1) is 25.7 Å². The van der Waals surface area contributed by atoms with Crippen LogP contribution < -0.4 is 0 Å². The van der Waals surface area contributed by atoms with E-state index < -0.39 is 0 Å². The Morgan fingerprint density at radius 1 is 1.11 bits per heavy atom. The Kier molecular flexibility index (Phi) is 8.40. The summed E-state index contributed by atoms with van der Waals surface area (Å²) in [5, 5.41) is 13.5. The van der Waals surface area contributed by atoms with Crippen LogP contribution in [-0.2, 0) is 22.4 Å². The van der Waals surface area contributed by atoms with Gasteiger partial charge in [-0.15, -0.1) is 22.6 Å². The summed E-state index contributed by atoms with van der Waals surface area (Å²) in [5.41, 5.74) is 4.02. The standard InChI is InChI=1S/C29H37N5O3.ClH/c1-17(2)6-11-23-14-26(32-37-23)29-31-30-28(34(29)22-9-10-22)25-16-33(20(5)35)15-24(25)27(36)13-21-8-7-18(3)12-19(21)4;/h7-8,12,14,17,22,24-25H,6,9-11,13,15-16H2,1-5H3;1H/t24-,25-;/m0./s1. The Bertz CT molecular complexity index is 1310. The minimum atomic E-state index is -0.321. The second-order valence-electron chi connectivity index (χ2n) is 11.3. The highest BCUT2D eigenvalue weighted by atomic mass is 35.5. The average Bonchev–Trinajstić information content (AvgIpc) is 3.23. The maximum absolute atomic E-state index is 13.7. The van der Waals surface area contributed by atoms with Gasteiger partial charge in [0.25, 0.3) is 0 Å². The summed E-state index contributed by atoms with van der Waals surface area (Å²) in [7, 11) is 0. The molecule has 2 aromatic heterocycles. The van der Waals surface area contributed by atoms with Gasteiger partial charge in [-0.05, 0) is 50.2 Å². The molecule has 0 N–H and O–H groups in total. The van der Waals surface area contributed by atoms with E-state index in [1.165, 1.54) is 5.56 Å². The van der Waals surface area contributed by atoms with E-state index in [0.29, 0.717) is 36.9 Å². The van der Waals surface area contributed by atoms with Crippen molar-refractivity contribution in [1.82, 2.24) is 24.8 Å². The second-order valence-corrected chi connectivity index (χ2v) is 11.3. The fourth-order valence-electron chi connectivity index (χ4n) is 5.40. The first-order valence-corrected chi connectivity index (χ1v) is 13.5. The van der Waals surface area contributed by atoms with E-state index in [0.717, 1.165) is 48.4 Å². The number of aryl methyl sites for hydroxylation is 3. The predicted octanol–water partition coefficient (Wildman–Crippen LogP) is 5.27. The second kappa shape index (κ2) is 11.4. The van der Waals surface area contributed by atoms with E-state index >= 15 is 0 Å². The first-order valence-electron chi connectivity index (χ1n) is 13.5. The summed E-state index contributed by atoms with van der Waals surface area (Å²) < 4.78 is 7.78. The van der Waals surface area contributed by atoms with Gasteiger partial charge < -0.3 is 14.0 Å². The summed E-state index contributed by atoms with van der Waals surface area (Å²) in [6.45, 7) is 10.9. The number of hydrogen-bond donors (Lipinski definition) is 0. The smallest absolute Gasteiger partial charge is 0.219 e. The number of aromatic nitrogens is 4. The highest BCUT2D eigenvalue weighted by molar-refractivity contribution is 5.86. The maximum atomic E-state index is 13.7. The van der Waals surface area contributed by atoms with Crippen LogP contribution in [0.15, 0.2) is 28.8 Å². The molecule has 1 aromatic carbocycles. The van der Waals surface area contributed by atoms with Gasteiger partial charge in [0.1, 0.15) is 17.4 Å². The number of Topliss-reactive ketones (excluding diaryl/α,β-unsaturated/α-hetero) is 1. The molecule has 2 fully saturated rings. The van der Waals surface area contributed by atoms with Crippen molar-refractivity contribution in [3.63, 3.8) is 0 Å². The quantitative estimate of drug-likeness (QED) is 0.368. The number of rotatable bonds is 9. The molecule has 3 heterocycles. The minimum Gasteiger partial charge on any atom is -0.361 e. The van der Waals surface area contributed by atoms with Gasteiger partial charge in [0.2, 0.25) is 5.91 Å². The van der Waals surface area contributed by atoms with Crippen LogP contribution in [0.3, 0.4) is 0 Å². The van der Waals surface area contributed by atoms with Crippen molar-refractivity contribution in [2.24, 2.45) is 11.8 Å². The molecule has 204 valence electrons. The maximum Gasteiger partial charge on any atom is 0.219 e. The van der Waals surface area contributed by atoms with Crippen molar-refractivity contribution in [2.75, 3.05) is 13.1 Å². The van der Waals surface area contributed by atoms with Crippen molar-refractivity contribution >= 4 is 24.1 Å². The summed E-state index contributed by atoms with van der Waals surface area (Å²) in [5.74, 6) is 2.52. The first kappa shape index (κ1) is 28.0. The molecule has 1 saturated carbocycles. The molecule has 38 heavy (non-hydrogen) atoms. The molecule has 2 atom stereocenters. The highest BCUT2D eigenvalue weighted by Crippen LogP contribution is 2.43. The predicted molar refractivity (Wildman–Crippen MR) is 147 cm³/mol. The van der Waals surface area contributed by atoms with Gasteiger partial charge in [-0.3, -0.25) is 9.59 Å². The molecule has 8 nitrogen and oxygen atoms in total. The van der Waals surface area contributed by atoms with E-state index in [2.05, 4.69) is 46.8 Å². The number of ketones is 1. The van der Waals surface area contributed by atoms with E-state index in [-0.39, 0.29) is 42.0 Å². The van der Waals surface area contributed by atoms with Crippen molar-refractivity contribution in [3.05, 3.63) is 52.5 Å². The highest BCUT2D eigenvalue weighted by Gasteiger charge is 2.44. The first-order chi connectivity index (χ1) is 17.7. The van der Waals surface area contributed by atoms with Crippen LogP contribution in [0.5, 0.6) is 0 Å². The molecule has 0 spiro atoms. The third-order valence-corrected chi connectivity index (χ3v) is 7.76. The Morgan fingerprint density at radius 2 is 1.87 bits per heavy atom. The molecule has 0 unspecified atom stereocenters. The van der Waals surface area contributed by atoms with Gasteiger partial charge in [-0.25, -0.2) is 0 Å². The molecule has 2 aliphatic rings. The van der Waals surface area contributed by atoms with Gasteiger partial charge in [0.05, 0.1) is 0 Å². The van der Waals surface area contributed by atoms with Crippen molar-refractivity contribution in [2.45, 2.75) is 78.7 Å². The largest absolute Gasteiger partial charge is 0.361 e. The number of amides is 1. The summed E-state index contributed by atoms with van der Waals surface area (Å²) in [6.07, 6.45) is 4.30. The lowest BCUT2D eigenvalue weighted by molar-refractivity contribution is -0.128. The monoisotopic (exact) mass is 539 g/mol. The van der Waals surface area contributed by atoms with Crippen LogP contribution in [0.25, 0.3) is 11.5 Å². The molecular formula is C29H38ClN5O3. The van der Waals surface area contributed by atoms with Crippen molar-refractivity contribution in [1.29, 1.82) is 0 Å². The lowest BCUT2D eigenvalue weighted by atomic mass is 9.87. The zero-order valence-electron chi connectivity index (χ0n) is 22.9. The number of benzene rings is 1. The third kappa shape index (κ3) is 5.85. The Labute approximate surface area is 230 Å². The SMILES string of the molecule is CC(=O)N1C[C@H](C(=O)Cc2ccc(C)cc2C)[C@@H](c2nnc(-c3cc(CCC(C)C)on3)n2C2CC2)C1.Cl. The number of carbonyl (C=O) groups excluding carboxylic acids is 2. The lowest BCUT2D eigenvalue weighted by Gasteiger charge is -2.18. The summed E-state index contributed by atoms with van der Waals surface area (Å²) >= 11 is 0. The molecular weight excluding hydrogens is 502 g/mol. The number of halogens is 1. The number of carbonyl (C=O) groups is 2. The Hall–Kier alpha value is -3.00. The Morgan fingerprint density at radius 3 is 2.53 bits per heavy atom. The van der Waals surface area contributed by atoms with Gasteiger partial charge >= 0.3 is 0 Å². The fraction of sp³-hybridized carbons (Fsp3) is 0.552. The van der Waals surface area contributed by atoms with Gasteiger partial charge in [-0.1, -0.05) is 42.8 Å². The normalized spacial score (nSPS) is 19.2. The van der Waals surface area contributed by atoms with Crippen LogP contribution in [-0.4, -0.2) is 49.6 Å². The van der Waals surface area contributed by atoms with Gasteiger partial charge in [0.15, 0.2) is 11.5 Å². The number of likely N-dealkylation sites (tertiary alicyclic amines) is 1. The van der Waals surface area contributed by atoms with Crippen molar-refractivity contribution < 1.29 is 14.1 Å². The van der Waals surface area contributed by atoms with Crippen molar-refractivity contribution in [3.8, 4) is 11.5 Å². The lowest BCUT2D eigenvalue weighted by Crippen LogP contribution is -2.28. The van der Waals surface area contributed by atoms with Crippen LogP contribution >= 0.6 is 12.4 Å². The molecule has 3 aromatic rings. The molecule has 1 saturated heterocycles. The van der Waals surface area contributed by atoms with Crippen LogP contribution in [0.1, 0.15) is 80.3 Å². The summed E-state index contributed by atoms with van der Waals surface area (Å²) in [6, 6.07) is 8.46. The molecule has 0 bridgehead atoms.